The summed E-state index contributed by atoms with van der Waals surface area (Å²) in [6.45, 7) is 2.00. The number of carbonyl (C=O) groups is 1. The Bertz CT molecular complexity index is 865. The highest BCUT2D eigenvalue weighted by Gasteiger charge is 2.24. The minimum atomic E-state index is -0.194. The van der Waals surface area contributed by atoms with Crippen molar-refractivity contribution in [2.45, 2.75) is 13.5 Å². The van der Waals surface area contributed by atoms with Gasteiger partial charge in [0.25, 0.3) is 0 Å². The number of hydrogen-bond donors (Lipinski definition) is 1. The number of nitrogens with zero attached hydrogens (tertiary/aromatic N) is 3. The number of benzene rings is 1. The standard InChI is InChI=1S/C16H15ClN4O2/c1-9-14(13(7-18)23-20-9)12-8-21(2)19-15(12)16(22)10-3-5-11(17)6-4-10/h3-6,8H,7,18H2,1-2H3. The Morgan fingerprint density at radius 3 is 2.70 bits per heavy atom. The Labute approximate surface area is 137 Å². The van der Waals surface area contributed by atoms with Crippen LogP contribution in [0.2, 0.25) is 5.02 Å². The summed E-state index contributed by atoms with van der Waals surface area (Å²) in [5.41, 5.74) is 8.59. The van der Waals surface area contributed by atoms with E-state index in [0.717, 1.165) is 5.56 Å². The lowest BCUT2D eigenvalue weighted by molar-refractivity contribution is 0.103. The fourth-order valence-corrected chi connectivity index (χ4v) is 2.60. The normalized spacial score (nSPS) is 11.0. The average Bonchev–Trinajstić information content (AvgIpc) is 3.09. The van der Waals surface area contributed by atoms with Crippen LogP contribution in [-0.2, 0) is 13.6 Å². The molecule has 0 amide bonds. The zero-order valence-corrected chi connectivity index (χ0v) is 13.5. The van der Waals surface area contributed by atoms with Gasteiger partial charge in [-0.1, -0.05) is 16.8 Å². The van der Waals surface area contributed by atoms with Crippen LogP contribution in [0.3, 0.4) is 0 Å². The third kappa shape index (κ3) is 2.78. The van der Waals surface area contributed by atoms with Crippen LogP contribution in [0, 0.1) is 6.92 Å². The molecule has 0 fully saturated rings. The van der Waals surface area contributed by atoms with Crippen LogP contribution < -0.4 is 5.73 Å². The predicted octanol–water partition coefficient (Wildman–Crippen LogP) is 2.73. The molecule has 6 nitrogen and oxygen atoms in total. The fourth-order valence-electron chi connectivity index (χ4n) is 2.48. The van der Waals surface area contributed by atoms with Gasteiger partial charge in [0, 0.05) is 29.4 Å². The zero-order valence-electron chi connectivity index (χ0n) is 12.7. The van der Waals surface area contributed by atoms with E-state index < -0.39 is 0 Å². The van der Waals surface area contributed by atoms with Crippen LogP contribution in [0.4, 0.5) is 0 Å². The number of aromatic nitrogens is 3. The quantitative estimate of drug-likeness (QED) is 0.743. The molecule has 1 aromatic carbocycles. The third-order valence-electron chi connectivity index (χ3n) is 3.54. The lowest BCUT2D eigenvalue weighted by Crippen LogP contribution is -2.05. The number of hydrogen-bond acceptors (Lipinski definition) is 5. The van der Waals surface area contributed by atoms with E-state index in [9.17, 15) is 4.79 Å². The molecule has 2 aromatic heterocycles. The number of halogens is 1. The van der Waals surface area contributed by atoms with Gasteiger partial charge in [-0.2, -0.15) is 5.10 Å². The van der Waals surface area contributed by atoms with Crippen LogP contribution in [0.5, 0.6) is 0 Å². The molecule has 7 heteroatoms. The molecular formula is C16H15ClN4O2. The maximum atomic E-state index is 12.8. The fraction of sp³-hybridized carbons (Fsp3) is 0.188. The van der Waals surface area contributed by atoms with E-state index in [1.165, 1.54) is 0 Å². The van der Waals surface area contributed by atoms with Crippen molar-refractivity contribution in [2.75, 3.05) is 0 Å². The number of ketones is 1. The Balaban J connectivity index is 2.13. The first kappa shape index (κ1) is 15.5. The summed E-state index contributed by atoms with van der Waals surface area (Å²) < 4.78 is 6.81. The second kappa shape index (κ2) is 5.98. The molecule has 118 valence electrons. The Hall–Kier alpha value is -2.44. The predicted molar refractivity (Wildman–Crippen MR) is 86.2 cm³/mol. The maximum Gasteiger partial charge on any atom is 0.213 e. The molecule has 0 unspecified atom stereocenters. The van der Waals surface area contributed by atoms with Gasteiger partial charge in [-0.25, -0.2) is 0 Å². The van der Waals surface area contributed by atoms with Crippen LogP contribution in [-0.4, -0.2) is 20.7 Å². The Kier molecular flexibility index (Phi) is 4.02. The van der Waals surface area contributed by atoms with E-state index >= 15 is 0 Å². The van der Waals surface area contributed by atoms with Crippen molar-refractivity contribution in [3.63, 3.8) is 0 Å². The molecule has 3 aromatic rings. The molecule has 0 radical (unpaired) electrons. The van der Waals surface area contributed by atoms with Crippen molar-refractivity contribution in [3.05, 3.63) is 58.2 Å². The molecule has 23 heavy (non-hydrogen) atoms. The van der Waals surface area contributed by atoms with Crippen molar-refractivity contribution in [1.82, 2.24) is 14.9 Å². The summed E-state index contributed by atoms with van der Waals surface area (Å²) >= 11 is 5.87. The van der Waals surface area contributed by atoms with Crippen molar-refractivity contribution < 1.29 is 9.32 Å². The Morgan fingerprint density at radius 1 is 1.35 bits per heavy atom. The second-order valence-electron chi connectivity index (χ2n) is 5.17. The summed E-state index contributed by atoms with van der Waals surface area (Å²) in [5, 5.41) is 8.82. The number of nitrogens with two attached hydrogens (primary N) is 1. The van der Waals surface area contributed by atoms with Crippen molar-refractivity contribution in [2.24, 2.45) is 12.8 Å². The second-order valence-corrected chi connectivity index (χ2v) is 5.61. The van der Waals surface area contributed by atoms with Gasteiger partial charge in [0.05, 0.1) is 17.8 Å². The minimum Gasteiger partial charge on any atom is -0.359 e. The van der Waals surface area contributed by atoms with Gasteiger partial charge in [0.15, 0.2) is 5.76 Å². The lowest BCUT2D eigenvalue weighted by Gasteiger charge is -2.03. The first-order valence-electron chi connectivity index (χ1n) is 7.00. The molecule has 2 heterocycles. The van der Waals surface area contributed by atoms with Crippen molar-refractivity contribution >= 4 is 17.4 Å². The summed E-state index contributed by atoms with van der Waals surface area (Å²) in [7, 11) is 1.76. The highest BCUT2D eigenvalue weighted by atomic mass is 35.5. The third-order valence-corrected chi connectivity index (χ3v) is 3.79. The summed E-state index contributed by atoms with van der Waals surface area (Å²) in [4.78, 5) is 12.8. The summed E-state index contributed by atoms with van der Waals surface area (Å²) in [6.07, 6.45) is 1.77. The molecule has 0 saturated carbocycles. The van der Waals surface area contributed by atoms with Crippen LogP contribution in [0.1, 0.15) is 27.5 Å². The highest BCUT2D eigenvalue weighted by Crippen LogP contribution is 2.31. The van der Waals surface area contributed by atoms with Gasteiger partial charge >= 0.3 is 0 Å². The number of carbonyl (C=O) groups excluding carboxylic acids is 1. The topological polar surface area (TPSA) is 86.9 Å². The van der Waals surface area contributed by atoms with Crippen LogP contribution in [0.25, 0.3) is 11.1 Å². The molecule has 0 spiro atoms. The Morgan fingerprint density at radius 2 is 2.04 bits per heavy atom. The van der Waals surface area contributed by atoms with Crippen LogP contribution in [0.15, 0.2) is 35.0 Å². The molecule has 0 saturated heterocycles. The van der Waals surface area contributed by atoms with Gasteiger partial charge in [-0.05, 0) is 31.2 Å². The molecule has 0 aliphatic carbocycles. The first-order chi connectivity index (χ1) is 11.0. The summed E-state index contributed by atoms with van der Waals surface area (Å²) in [6, 6.07) is 6.70. The first-order valence-corrected chi connectivity index (χ1v) is 7.38. The molecule has 3 rings (SSSR count). The van der Waals surface area contributed by atoms with Crippen LogP contribution >= 0.6 is 11.6 Å². The van der Waals surface area contributed by atoms with Gasteiger partial charge in [-0.3, -0.25) is 9.48 Å². The molecule has 0 aliphatic heterocycles. The SMILES string of the molecule is Cc1noc(CN)c1-c1cn(C)nc1C(=O)c1ccc(Cl)cc1. The molecule has 0 aliphatic rings. The number of rotatable bonds is 4. The van der Waals surface area contributed by atoms with E-state index in [1.54, 1.807) is 42.2 Å². The molecular weight excluding hydrogens is 316 g/mol. The average molecular weight is 331 g/mol. The van der Waals surface area contributed by atoms with E-state index in [0.29, 0.717) is 33.3 Å². The van der Waals surface area contributed by atoms with Gasteiger partial charge in [0.2, 0.25) is 5.78 Å². The minimum absolute atomic E-state index is 0.194. The number of aryl methyl sites for hydroxylation is 2. The van der Waals surface area contributed by atoms with E-state index in [2.05, 4.69) is 10.3 Å². The largest absolute Gasteiger partial charge is 0.359 e. The maximum absolute atomic E-state index is 12.8. The summed E-state index contributed by atoms with van der Waals surface area (Å²) in [5.74, 6) is 0.335. The smallest absolute Gasteiger partial charge is 0.213 e. The van der Waals surface area contributed by atoms with Gasteiger partial charge in [0.1, 0.15) is 5.69 Å². The van der Waals surface area contributed by atoms with Crippen molar-refractivity contribution in [3.8, 4) is 11.1 Å². The van der Waals surface area contributed by atoms with Gasteiger partial charge in [-0.15, -0.1) is 0 Å². The molecule has 0 bridgehead atoms. The van der Waals surface area contributed by atoms with Gasteiger partial charge < -0.3 is 10.3 Å². The molecule has 2 N–H and O–H groups in total. The molecule has 0 atom stereocenters. The monoisotopic (exact) mass is 330 g/mol. The van der Waals surface area contributed by atoms with E-state index in [-0.39, 0.29) is 12.3 Å². The van der Waals surface area contributed by atoms with E-state index in [4.69, 9.17) is 21.9 Å². The lowest BCUT2D eigenvalue weighted by atomic mass is 9.99. The zero-order chi connectivity index (χ0) is 16.6. The van der Waals surface area contributed by atoms with E-state index in [1.807, 2.05) is 6.92 Å². The highest BCUT2D eigenvalue weighted by molar-refractivity contribution is 6.30. The van der Waals surface area contributed by atoms with Crippen molar-refractivity contribution in [1.29, 1.82) is 0 Å².